The summed E-state index contributed by atoms with van der Waals surface area (Å²) in [4.78, 5) is 23.1. The van der Waals surface area contributed by atoms with Crippen LogP contribution in [0.25, 0.3) is 11.4 Å². The average Bonchev–Trinajstić information content (AvgIpc) is 3.11. The third-order valence-corrected chi connectivity index (χ3v) is 5.38. The second-order valence-electron chi connectivity index (χ2n) is 7.59. The second-order valence-corrected chi connectivity index (χ2v) is 7.59. The molecule has 1 aromatic heterocycles. The Morgan fingerprint density at radius 1 is 1.25 bits per heavy atom. The molecular formula is C23H22F2N4O3. The van der Waals surface area contributed by atoms with Crippen LogP contribution in [-0.2, 0) is 0 Å². The van der Waals surface area contributed by atoms with E-state index < -0.39 is 23.6 Å². The minimum absolute atomic E-state index is 0.0108. The lowest BCUT2D eigenvalue weighted by Gasteiger charge is -2.26. The van der Waals surface area contributed by atoms with Gasteiger partial charge < -0.3 is 20.1 Å². The highest BCUT2D eigenvalue weighted by atomic mass is 19.1. The molecule has 2 N–H and O–H groups in total. The van der Waals surface area contributed by atoms with Gasteiger partial charge in [-0.25, -0.2) is 18.7 Å². The predicted molar refractivity (Wildman–Crippen MR) is 116 cm³/mol. The molecular weight excluding hydrogens is 418 g/mol. The molecule has 0 unspecified atom stereocenters. The van der Waals surface area contributed by atoms with Gasteiger partial charge in [-0.05, 0) is 49.7 Å². The molecule has 0 spiro atoms. The number of aliphatic hydroxyl groups excluding tert-OH is 1. The lowest BCUT2D eigenvalue weighted by molar-refractivity contribution is 0.102. The standard InChI is InChI=1S/C23H22F2N4O3/c1-13-10-15(30)12-29(13)19-7-6-14(24)11-18(19)28-23(31)17-8-9-26-22(27-17)21-16(25)4-3-5-20(21)32-2/h3-9,11,13,15,30H,10,12H2,1-2H3,(H,28,31)/t13-,15-/m0/s1. The van der Waals surface area contributed by atoms with E-state index in [1.165, 1.54) is 43.6 Å². The van der Waals surface area contributed by atoms with Gasteiger partial charge >= 0.3 is 0 Å². The van der Waals surface area contributed by atoms with Crippen molar-refractivity contribution in [1.82, 2.24) is 9.97 Å². The van der Waals surface area contributed by atoms with E-state index in [1.807, 2.05) is 11.8 Å². The van der Waals surface area contributed by atoms with Crippen LogP contribution in [0.4, 0.5) is 20.2 Å². The Kier molecular flexibility index (Phi) is 6.00. The third-order valence-electron chi connectivity index (χ3n) is 5.38. The molecule has 0 bridgehead atoms. The van der Waals surface area contributed by atoms with Crippen molar-refractivity contribution in [2.75, 3.05) is 23.9 Å². The molecule has 7 nitrogen and oxygen atoms in total. The van der Waals surface area contributed by atoms with Gasteiger partial charge in [0.1, 0.15) is 23.1 Å². The van der Waals surface area contributed by atoms with Crippen LogP contribution in [0.2, 0.25) is 0 Å². The third kappa shape index (κ3) is 4.24. The number of nitrogens with one attached hydrogen (secondary N) is 1. The van der Waals surface area contributed by atoms with Crippen molar-refractivity contribution in [3.8, 4) is 17.1 Å². The van der Waals surface area contributed by atoms with Crippen LogP contribution in [0.3, 0.4) is 0 Å². The van der Waals surface area contributed by atoms with Crippen molar-refractivity contribution in [2.24, 2.45) is 0 Å². The van der Waals surface area contributed by atoms with E-state index in [0.29, 0.717) is 18.7 Å². The summed E-state index contributed by atoms with van der Waals surface area (Å²) in [6, 6.07) is 9.80. The molecule has 1 aliphatic heterocycles. The van der Waals surface area contributed by atoms with E-state index >= 15 is 0 Å². The van der Waals surface area contributed by atoms with Crippen molar-refractivity contribution in [3.05, 3.63) is 66.0 Å². The number of anilines is 2. The topological polar surface area (TPSA) is 87.6 Å². The summed E-state index contributed by atoms with van der Waals surface area (Å²) in [7, 11) is 1.40. The largest absolute Gasteiger partial charge is 0.496 e. The Hall–Kier alpha value is -3.59. The van der Waals surface area contributed by atoms with Crippen LogP contribution >= 0.6 is 0 Å². The summed E-state index contributed by atoms with van der Waals surface area (Å²) < 4.78 is 33.6. The van der Waals surface area contributed by atoms with Gasteiger partial charge in [0.25, 0.3) is 5.91 Å². The van der Waals surface area contributed by atoms with Crippen LogP contribution < -0.4 is 15.0 Å². The average molecular weight is 440 g/mol. The zero-order chi connectivity index (χ0) is 22.8. The first-order chi connectivity index (χ1) is 15.4. The highest BCUT2D eigenvalue weighted by Gasteiger charge is 2.29. The quantitative estimate of drug-likeness (QED) is 0.630. The highest BCUT2D eigenvalue weighted by molar-refractivity contribution is 6.05. The molecule has 0 radical (unpaired) electrons. The molecule has 1 fully saturated rings. The highest BCUT2D eigenvalue weighted by Crippen LogP contribution is 2.33. The molecule has 1 saturated heterocycles. The number of halogens is 2. The molecule has 4 rings (SSSR count). The van der Waals surface area contributed by atoms with E-state index in [-0.39, 0.29) is 34.6 Å². The number of carbonyl (C=O) groups is 1. The van der Waals surface area contributed by atoms with E-state index in [1.54, 1.807) is 12.1 Å². The second kappa shape index (κ2) is 8.88. The number of methoxy groups -OCH3 is 1. The predicted octanol–water partition coefficient (Wildman–Crippen LogP) is 3.64. The van der Waals surface area contributed by atoms with Crippen LogP contribution in [0, 0.1) is 11.6 Å². The Balaban J connectivity index is 1.65. The maximum atomic E-state index is 14.4. The Morgan fingerprint density at radius 3 is 2.78 bits per heavy atom. The molecule has 0 aliphatic carbocycles. The molecule has 0 saturated carbocycles. The zero-order valence-corrected chi connectivity index (χ0v) is 17.5. The van der Waals surface area contributed by atoms with E-state index in [9.17, 15) is 18.7 Å². The zero-order valence-electron chi connectivity index (χ0n) is 17.5. The molecule has 9 heteroatoms. The maximum Gasteiger partial charge on any atom is 0.274 e. The van der Waals surface area contributed by atoms with Crippen molar-refractivity contribution in [1.29, 1.82) is 0 Å². The molecule has 3 aromatic rings. The number of ether oxygens (including phenoxy) is 1. The molecule has 2 aromatic carbocycles. The van der Waals surface area contributed by atoms with Crippen molar-refractivity contribution < 1.29 is 23.4 Å². The number of aliphatic hydroxyl groups is 1. The van der Waals surface area contributed by atoms with Crippen LogP contribution in [0.5, 0.6) is 5.75 Å². The number of amides is 1. The summed E-state index contributed by atoms with van der Waals surface area (Å²) in [5.41, 5.74) is 0.856. The van der Waals surface area contributed by atoms with Crippen LogP contribution in [-0.4, -0.2) is 46.8 Å². The molecule has 2 heterocycles. The number of rotatable bonds is 5. The van der Waals surface area contributed by atoms with Crippen LogP contribution in [0.1, 0.15) is 23.8 Å². The van der Waals surface area contributed by atoms with Crippen molar-refractivity contribution >= 4 is 17.3 Å². The molecule has 32 heavy (non-hydrogen) atoms. The molecule has 1 aliphatic rings. The fourth-order valence-electron chi connectivity index (χ4n) is 3.88. The minimum atomic E-state index is -0.608. The van der Waals surface area contributed by atoms with E-state index in [4.69, 9.17) is 4.74 Å². The minimum Gasteiger partial charge on any atom is -0.496 e. The summed E-state index contributed by atoms with van der Waals surface area (Å²) in [5, 5.41) is 12.7. The number of benzene rings is 2. The van der Waals surface area contributed by atoms with Gasteiger partial charge in [0.2, 0.25) is 0 Å². The van der Waals surface area contributed by atoms with Gasteiger partial charge in [-0.3, -0.25) is 4.79 Å². The van der Waals surface area contributed by atoms with Crippen molar-refractivity contribution in [2.45, 2.75) is 25.5 Å². The fraction of sp³-hybridized carbons (Fsp3) is 0.261. The SMILES string of the molecule is COc1cccc(F)c1-c1nccc(C(=O)Nc2cc(F)ccc2N2C[C@@H](O)C[C@@H]2C)n1. The molecule has 166 valence electrons. The number of β-amino-alcohol motifs (C(OH)–C–C–N with tert-alkyl or cyclic N) is 1. The van der Waals surface area contributed by atoms with Crippen molar-refractivity contribution in [3.63, 3.8) is 0 Å². The number of nitrogens with zero attached hydrogens (tertiary/aromatic N) is 3. The maximum absolute atomic E-state index is 14.4. The molecule has 2 atom stereocenters. The fourth-order valence-corrected chi connectivity index (χ4v) is 3.88. The lowest BCUT2D eigenvalue weighted by atomic mass is 10.1. The smallest absolute Gasteiger partial charge is 0.274 e. The monoisotopic (exact) mass is 440 g/mol. The first-order valence-corrected chi connectivity index (χ1v) is 10.1. The van der Waals surface area contributed by atoms with Gasteiger partial charge in [-0.1, -0.05) is 6.07 Å². The van der Waals surface area contributed by atoms with Gasteiger partial charge in [0.05, 0.1) is 30.2 Å². The lowest BCUT2D eigenvalue weighted by Crippen LogP contribution is -2.29. The number of aromatic nitrogens is 2. The first-order valence-electron chi connectivity index (χ1n) is 10.1. The Labute approximate surface area is 183 Å². The Morgan fingerprint density at radius 2 is 2.06 bits per heavy atom. The summed E-state index contributed by atoms with van der Waals surface area (Å²) >= 11 is 0. The molecule has 1 amide bonds. The number of hydrogen-bond acceptors (Lipinski definition) is 6. The van der Waals surface area contributed by atoms with Gasteiger partial charge in [-0.2, -0.15) is 0 Å². The van der Waals surface area contributed by atoms with E-state index in [2.05, 4.69) is 15.3 Å². The summed E-state index contributed by atoms with van der Waals surface area (Å²) in [6.45, 7) is 2.32. The normalized spacial score (nSPS) is 18.0. The summed E-state index contributed by atoms with van der Waals surface area (Å²) in [6.07, 6.45) is 1.41. The summed E-state index contributed by atoms with van der Waals surface area (Å²) in [5.74, 6) is -1.49. The number of carbonyl (C=O) groups excluding carboxylic acids is 1. The van der Waals surface area contributed by atoms with E-state index in [0.717, 1.165) is 0 Å². The van der Waals surface area contributed by atoms with Gasteiger partial charge in [-0.15, -0.1) is 0 Å². The van der Waals surface area contributed by atoms with Gasteiger partial charge in [0, 0.05) is 18.8 Å². The first kappa shape index (κ1) is 21.6. The number of hydrogen-bond donors (Lipinski definition) is 2. The Bertz CT molecular complexity index is 1160. The van der Waals surface area contributed by atoms with Crippen LogP contribution in [0.15, 0.2) is 48.7 Å². The van der Waals surface area contributed by atoms with Gasteiger partial charge in [0.15, 0.2) is 5.82 Å².